The van der Waals surface area contributed by atoms with Gasteiger partial charge in [0.25, 0.3) is 0 Å². The minimum absolute atomic E-state index is 0.180. The molecular formula is C29H30N2O2S. The lowest BCUT2D eigenvalue weighted by molar-refractivity contribution is -0.120. The fourth-order valence-corrected chi connectivity index (χ4v) is 7.29. The molecule has 3 aromatic rings. The number of carbonyl (C=O) groups is 2. The number of amides is 1. The molecule has 0 N–H and O–H groups in total. The molecule has 7 rings (SSSR count). The maximum atomic E-state index is 13.4. The third-order valence-electron chi connectivity index (χ3n) is 8.38. The van der Waals surface area contributed by atoms with E-state index >= 15 is 0 Å². The van der Waals surface area contributed by atoms with Gasteiger partial charge in [-0.25, -0.2) is 4.98 Å². The van der Waals surface area contributed by atoms with E-state index in [9.17, 15) is 9.59 Å². The smallest absolute Gasteiger partial charge is 0.230 e. The summed E-state index contributed by atoms with van der Waals surface area (Å²) in [7, 11) is 0. The molecule has 0 radical (unpaired) electrons. The van der Waals surface area contributed by atoms with Crippen LogP contribution in [0.15, 0.2) is 54.6 Å². The van der Waals surface area contributed by atoms with E-state index in [-0.39, 0.29) is 22.7 Å². The number of carbonyl (C=O) groups excluding carboxylic acids is 2. The summed E-state index contributed by atoms with van der Waals surface area (Å²) in [5.74, 6) is 0.457. The van der Waals surface area contributed by atoms with Crippen molar-refractivity contribution in [1.29, 1.82) is 0 Å². The predicted molar refractivity (Wildman–Crippen MR) is 138 cm³/mol. The molecule has 4 nitrogen and oxygen atoms in total. The zero-order valence-electron chi connectivity index (χ0n) is 19.4. The minimum atomic E-state index is 0.180. The van der Waals surface area contributed by atoms with Gasteiger partial charge in [0, 0.05) is 23.6 Å². The number of hydrogen-bond acceptors (Lipinski definition) is 4. The molecule has 2 aromatic carbocycles. The molecule has 0 spiro atoms. The molecule has 2 bridgehead atoms. The standard InChI is InChI=1S/C29H30N2O2S/c32-18-4-6-21-5-3-7-23(19-21)31(26(33)22-10-11-22)20-28-12-15-29(16-13-28,17-14-28)27-30-24-8-1-2-9-25(24)34-27/h1-9,18-19,22H,10-17,20H2/b6-4+. The Balaban J connectivity index is 1.25. The van der Waals surface area contributed by atoms with E-state index in [1.165, 1.54) is 35.0 Å². The van der Waals surface area contributed by atoms with Crippen LogP contribution in [-0.2, 0) is 15.0 Å². The first kappa shape index (κ1) is 21.7. The molecule has 4 saturated carbocycles. The van der Waals surface area contributed by atoms with Gasteiger partial charge >= 0.3 is 0 Å². The lowest BCUT2D eigenvalue weighted by Crippen LogP contribution is -2.51. The Hall–Kier alpha value is -2.79. The Labute approximate surface area is 204 Å². The van der Waals surface area contributed by atoms with Crippen molar-refractivity contribution in [3.05, 3.63) is 65.2 Å². The second-order valence-electron chi connectivity index (χ2n) is 10.6. The van der Waals surface area contributed by atoms with Crippen LogP contribution < -0.4 is 4.90 Å². The Morgan fingerprint density at radius 3 is 2.50 bits per heavy atom. The van der Waals surface area contributed by atoms with E-state index in [4.69, 9.17) is 4.98 Å². The Morgan fingerprint density at radius 2 is 1.79 bits per heavy atom. The van der Waals surface area contributed by atoms with E-state index in [2.05, 4.69) is 29.2 Å². The third-order valence-corrected chi connectivity index (χ3v) is 9.67. The number of benzene rings is 2. The number of thiazole rings is 1. The first-order valence-corrected chi connectivity index (χ1v) is 13.3. The number of rotatable bonds is 7. The molecule has 5 heteroatoms. The van der Waals surface area contributed by atoms with Crippen LogP contribution in [-0.4, -0.2) is 23.7 Å². The van der Waals surface area contributed by atoms with Crippen molar-refractivity contribution in [2.45, 2.75) is 56.8 Å². The van der Waals surface area contributed by atoms with Gasteiger partial charge in [0.15, 0.2) is 0 Å². The molecule has 1 aromatic heterocycles. The van der Waals surface area contributed by atoms with E-state index < -0.39 is 0 Å². The lowest BCUT2D eigenvalue weighted by Gasteiger charge is -2.54. The molecular weight excluding hydrogens is 440 g/mol. The van der Waals surface area contributed by atoms with E-state index in [1.807, 2.05) is 41.7 Å². The summed E-state index contributed by atoms with van der Waals surface area (Å²) in [6.07, 6.45) is 13.1. The highest BCUT2D eigenvalue weighted by Gasteiger charge is 2.52. The molecule has 0 aliphatic heterocycles. The van der Waals surface area contributed by atoms with Crippen molar-refractivity contribution < 1.29 is 9.59 Å². The lowest BCUT2D eigenvalue weighted by atomic mass is 9.53. The topological polar surface area (TPSA) is 50.3 Å². The second-order valence-corrected chi connectivity index (χ2v) is 11.6. The molecule has 4 aliphatic rings. The van der Waals surface area contributed by atoms with Crippen molar-refractivity contribution in [1.82, 2.24) is 4.98 Å². The van der Waals surface area contributed by atoms with Gasteiger partial charge in [-0.2, -0.15) is 0 Å². The van der Waals surface area contributed by atoms with Gasteiger partial charge in [-0.15, -0.1) is 11.3 Å². The summed E-state index contributed by atoms with van der Waals surface area (Å²) >= 11 is 1.88. The van der Waals surface area contributed by atoms with E-state index in [0.717, 1.165) is 61.7 Å². The number of anilines is 1. The van der Waals surface area contributed by atoms with Crippen LogP contribution in [0.2, 0.25) is 0 Å². The normalized spacial score (nSPS) is 26.2. The SMILES string of the molecule is O=C/C=C/c1cccc(N(CC23CCC(c4nc5ccccc5s4)(CC2)CC3)C(=O)C2CC2)c1. The number of fused-ring (bicyclic) bond motifs is 4. The van der Waals surface area contributed by atoms with E-state index in [0.29, 0.717) is 0 Å². The van der Waals surface area contributed by atoms with Crippen LogP contribution in [0.3, 0.4) is 0 Å². The number of aromatic nitrogens is 1. The van der Waals surface area contributed by atoms with Crippen LogP contribution in [0.25, 0.3) is 16.3 Å². The van der Waals surface area contributed by atoms with Crippen LogP contribution in [0, 0.1) is 11.3 Å². The summed E-state index contributed by atoms with van der Waals surface area (Å²) < 4.78 is 1.29. The Morgan fingerprint density at radius 1 is 1.03 bits per heavy atom. The first-order chi connectivity index (χ1) is 16.6. The maximum absolute atomic E-state index is 13.4. The highest BCUT2D eigenvalue weighted by atomic mass is 32.1. The third kappa shape index (κ3) is 3.90. The molecule has 4 fully saturated rings. The summed E-state index contributed by atoms with van der Waals surface area (Å²) in [5, 5.41) is 1.32. The van der Waals surface area contributed by atoms with Crippen molar-refractivity contribution in [3.8, 4) is 0 Å². The van der Waals surface area contributed by atoms with E-state index in [1.54, 1.807) is 0 Å². The molecule has 4 aliphatic carbocycles. The zero-order chi connectivity index (χ0) is 23.2. The second kappa shape index (κ2) is 8.46. The quantitative estimate of drug-likeness (QED) is 0.291. The molecule has 174 valence electrons. The van der Waals surface area contributed by atoms with Gasteiger partial charge in [-0.05, 0) is 92.7 Å². The monoisotopic (exact) mass is 470 g/mol. The van der Waals surface area contributed by atoms with Gasteiger partial charge in [-0.1, -0.05) is 30.3 Å². The summed E-state index contributed by atoms with van der Waals surface area (Å²) in [6.45, 7) is 0.805. The summed E-state index contributed by atoms with van der Waals surface area (Å²) in [5.41, 5.74) is 3.46. The Bertz CT molecular complexity index is 1210. The van der Waals surface area contributed by atoms with Gasteiger partial charge in [-0.3, -0.25) is 9.59 Å². The number of allylic oxidation sites excluding steroid dienone is 1. The average Bonchev–Trinajstić information content (AvgIpc) is 3.65. The predicted octanol–water partition coefficient (Wildman–Crippen LogP) is 6.54. The van der Waals surface area contributed by atoms with Crippen molar-refractivity contribution >= 4 is 45.5 Å². The summed E-state index contributed by atoms with van der Waals surface area (Å²) in [4.78, 5) is 31.3. The van der Waals surface area contributed by atoms with Gasteiger partial charge in [0.1, 0.15) is 6.29 Å². The molecule has 0 saturated heterocycles. The summed E-state index contributed by atoms with van der Waals surface area (Å²) in [6, 6.07) is 16.6. The fourth-order valence-electron chi connectivity index (χ4n) is 6.05. The zero-order valence-corrected chi connectivity index (χ0v) is 20.2. The molecule has 1 heterocycles. The maximum Gasteiger partial charge on any atom is 0.230 e. The van der Waals surface area contributed by atoms with Gasteiger partial charge < -0.3 is 4.90 Å². The average molecular weight is 471 g/mol. The molecule has 0 unspecified atom stereocenters. The molecule has 34 heavy (non-hydrogen) atoms. The van der Waals surface area contributed by atoms with Crippen molar-refractivity contribution in [2.24, 2.45) is 11.3 Å². The number of nitrogens with zero attached hydrogens (tertiary/aromatic N) is 2. The number of hydrogen-bond donors (Lipinski definition) is 0. The van der Waals surface area contributed by atoms with Crippen LogP contribution in [0.4, 0.5) is 5.69 Å². The van der Waals surface area contributed by atoms with Crippen molar-refractivity contribution in [2.75, 3.05) is 11.4 Å². The van der Waals surface area contributed by atoms with Gasteiger partial charge in [0.2, 0.25) is 5.91 Å². The fraction of sp³-hybridized carbons (Fsp3) is 0.414. The molecule has 0 atom stereocenters. The first-order valence-electron chi connectivity index (χ1n) is 12.5. The van der Waals surface area contributed by atoms with Crippen LogP contribution in [0.1, 0.15) is 61.9 Å². The largest absolute Gasteiger partial charge is 0.312 e. The Kier molecular flexibility index (Phi) is 5.40. The van der Waals surface area contributed by atoms with Crippen LogP contribution >= 0.6 is 11.3 Å². The molecule has 1 amide bonds. The highest BCUT2D eigenvalue weighted by Crippen LogP contribution is 2.59. The number of aldehydes is 1. The van der Waals surface area contributed by atoms with Crippen LogP contribution in [0.5, 0.6) is 0 Å². The van der Waals surface area contributed by atoms with Crippen molar-refractivity contribution in [3.63, 3.8) is 0 Å². The number of para-hydroxylation sites is 1. The highest BCUT2D eigenvalue weighted by molar-refractivity contribution is 7.18. The minimum Gasteiger partial charge on any atom is -0.312 e. The van der Waals surface area contributed by atoms with Gasteiger partial charge in [0.05, 0.1) is 15.2 Å².